The summed E-state index contributed by atoms with van der Waals surface area (Å²) >= 11 is 5.91. The number of carbonyl (C=O) groups excluding carboxylic acids is 3. The van der Waals surface area contributed by atoms with Crippen LogP contribution in [0.2, 0.25) is 5.02 Å². The van der Waals surface area contributed by atoms with E-state index in [1.165, 1.54) is 14.7 Å². The Bertz CT molecular complexity index is 947. The summed E-state index contributed by atoms with van der Waals surface area (Å²) in [6, 6.07) is 13.8. The molecule has 0 atom stereocenters. The van der Waals surface area contributed by atoms with Crippen LogP contribution in [0.25, 0.3) is 0 Å². The minimum absolute atomic E-state index is 0.0169. The summed E-state index contributed by atoms with van der Waals surface area (Å²) in [7, 11) is 0. The van der Waals surface area contributed by atoms with Crippen molar-refractivity contribution >= 4 is 35.0 Å². The van der Waals surface area contributed by atoms with Gasteiger partial charge in [-0.25, -0.2) is 0 Å². The molecule has 3 amide bonds. The van der Waals surface area contributed by atoms with Crippen molar-refractivity contribution in [2.75, 3.05) is 37.8 Å². The predicted molar refractivity (Wildman–Crippen MR) is 124 cm³/mol. The summed E-state index contributed by atoms with van der Waals surface area (Å²) in [5, 5.41) is 0.575. The fourth-order valence-electron chi connectivity index (χ4n) is 3.36. The van der Waals surface area contributed by atoms with E-state index in [2.05, 4.69) is 6.92 Å². The van der Waals surface area contributed by atoms with Crippen LogP contribution in [0.4, 0.5) is 5.69 Å². The summed E-state index contributed by atoms with van der Waals surface area (Å²) in [5.74, 6) is 0.0336. The Balaban J connectivity index is 1.60. The van der Waals surface area contributed by atoms with Gasteiger partial charge in [0.1, 0.15) is 25.5 Å². The first kappa shape index (κ1) is 23.6. The molecule has 3 rings (SSSR count). The van der Waals surface area contributed by atoms with Gasteiger partial charge in [-0.1, -0.05) is 24.9 Å². The fourth-order valence-corrected chi connectivity index (χ4v) is 3.49. The molecule has 0 aliphatic carbocycles. The van der Waals surface area contributed by atoms with Gasteiger partial charge in [-0.05, 0) is 61.9 Å². The van der Waals surface area contributed by atoms with Crippen molar-refractivity contribution < 1.29 is 19.1 Å². The van der Waals surface area contributed by atoms with E-state index < -0.39 is 0 Å². The lowest BCUT2D eigenvalue weighted by atomic mass is 10.2. The fraction of sp³-hybridized carbons (Fsp3) is 0.375. The topological polar surface area (TPSA) is 70.2 Å². The summed E-state index contributed by atoms with van der Waals surface area (Å²) in [5.41, 5.74) is 1.17. The Morgan fingerprint density at radius 1 is 1.06 bits per heavy atom. The quantitative estimate of drug-likeness (QED) is 0.537. The van der Waals surface area contributed by atoms with E-state index in [4.69, 9.17) is 16.3 Å². The van der Waals surface area contributed by atoms with Crippen molar-refractivity contribution in [3.63, 3.8) is 0 Å². The van der Waals surface area contributed by atoms with Crippen LogP contribution in [0, 0.1) is 0 Å². The zero-order valence-electron chi connectivity index (χ0n) is 18.4. The lowest BCUT2D eigenvalue weighted by Gasteiger charge is -2.24. The lowest BCUT2D eigenvalue weighted by Crippen LogP contribution is -2.42. The van der Waals surface area contributed by atoms with Gasteiger partial charge in [0.05, 0.1) is 6.61 Å². The van der Waals surface area contributed by atoms with Gasteiger partial charge in [-0.15, -0.1) is 0 Å². The molecule has 0 bridgehead atoms. The van der Waals surface area contributed by atoms with Crippen LogP contribution >= 0.6 is 11.6 Å². The number of halogens is 1. The van der Waals surface area contributed by atoms with Crippen molar-refractivity contribution in [1.29, 1.82) is 0 Å². The van der Waals surface area contributed by atoms with Gasteiger partial charge in [0, 0.05) is 22.8 Å². The monoisotopic (exact) mass is 457 g/mol. The molecule has 7 nitrogen and oxygen atoms in total. The smallest absolute Gasteiger partial charge is 0.254 e. The SMILES string of the molecule is CCCCOc1ccc(C(=O)N(CC)CC(=O)N2CC(=O)N(c3ccc(Cl)cc3)C2)cc1. The van der Waals surface area contributed by atoms with E-state index in [1.807, 2.05) is 6.92 Å². The van der Waals surface area contributed by atoms with Gasteiger partial charge < -0.3 is 14.5 Å². The van der Waals surface area contributed by atoms with Gasteiger partial charge in [0.2, 0.25) is 11.8 Å². The molecule has 0 radical (unpaired) electrons. The van der Waals surface area contributed by atoms with Crippen LogP contribution in [0.5, 0.6) is 5.75 Å². The predicted octanol–water partition coefficient (Wildman–Crippen LogP) is 3.81. The molecular formula is C24H28ClN3O4. The molecule has 0 aromatic heterocycles. The first-order valence-corrected chi connectivity index (χ1v) is 11.2. The van der Waals surface area contributed by atoms with Crippen LogP contribution in [0.1, 0.15) is 37.0 Å². The van der Waals surface area contributed by atoms with Crippen molar-refractivity contribution in [3.8, 4) is 5.75 Å². The molecular weight excluding hydrogens is 430 g/mol. The Morgan fingerprint density at radius 2 is 1.75 bits per heavy atom. The number of nitrogens with zero attached hydrogens (tertiary/aromatic N) is 3. The first-order chi connectivity index (χ1) is 15.4. The number of hydrogen-bond acceptors (Lipinski definition) is 4. The van der Waals surface area contributed by atoms with Gasteiger partial charge >= 0.3 is 0 Å². The Hall–Kier alpha value is -3.06. The zero-order chi connectivity index (χ0) is 23.1. The number of anilines is 1. The molecule has 2 aromatic carbocycles. The lowest BCUT2D eigenvalue weighted by molar-refractivity contribution is -0.132. The maximum atomic E-state index is 12.9. The third-order valence-electron chi connectivity index (χ3n) is 5.29. The third-order valence-corrected chi connectivity index (χ3v) is 5.55. The molecule has 32 heavy (non-hydrogen) atoms. The number of carbonyl (C=O) groups is 3. The summed E-state index contributed by atoms with van der Waals surface area (Å²) in [6.07, 6.45) is 2.02. The van der Waals surface area contributed by atoms with Crippen molar-refractivity contribution in [2.24, 2.45) is 0 Å². The van der Waals surface area contributed by atoms with E-state index >= 15 is 0 Å². The highest BCUT2D eigenvalue weighted by Gasteiger charge is 2.32. The second-order valence-corrected chi connectivity index (χ2v) is 8.01. The Morgan fingerprint density at radius 3 is 2.38 bits per heavy atom. The molecule has 1 saturated heterocycles. The van der Waals surface area contributed by atoms with Crippen LogP contribution in [-0.2, 0) is 9.59 Å². The van der Waals surface area contributed by atoms with Crippen molar-refractivity contribution in [2.45, 2.75) is 26.7 Å². The Labute approximate surface area is 193 Å². The second-order valence-electron chi connectivity index (χ2n) is 7.58. The molecule has 0 N–H and O–H groups in total. The van der Waals surface area contributed by atoms with Crippen molar-refractivity contribution in [1.82, 2.24) is 9.80 Å². The first-order valence-electron chi connectivity index (χ1n) is 10.8. The highest BCUT2D eigenvalue weighted by Crippen LogP contribution is 2.22. The van der Waals surface area contributed by atoms with Crippen LogP contribution in [0.3, 0.4) is 0 Å². The third kappa shape index (κ3) is 5.79. The number of benzene rings is 2. The number of ether oxygens (including phenoxy) is 1. The molecule has 0 spiro atoms. The maximum Gasteiger partial charge on any atom is 0.254 e. The minimum Gasteiger partial charge on any atom is -0.494 e. The minimum atomic E-state index is -0.274. The van der Waals surface area contributed by atoms with Gasteiger partial charge in [-0.3, -0.25) is 19.3 Å². The van der Waals surface area contributed by atoms with Crippen LogP contribution in [-0.4, -0.2) is 60.4 Å². The van der Waals surface area contributed by atoms with Gasteiger partial charge in [0.15, 0.2) is 0 Å². The van der Waals surface area contributed by atoms with E-state index in [1.54, 1.807) is 48.5 Å². The standard InChI is InChI=1S/C24H28ClN3O4/c1-3-5-14-32-21-12-6-18(7-13-21)24(31)26(4-2)15-22(29)27-16-23(30)28(17-27)20-10-8-19(25)9-11-20/h6-13H,3-5,14-17H2,1-2H3. The largest absolute Gasteiger partial charge is 0.494 e. The second kappa shape index (κ2) is 11.0. The molecule has 0 saturated carbocycles. The average Bonchev–Trinajstić information content (AvgIpc) is 3.20. The molecule has 1 fully saturated rings. The maximum absolute atomic E-state index is 12.9. The average molecular weight is 458 g/mol. The van der Waals surface area contributed by atoms with E-state index in [0.717, 1.165) is 12.8 Å². The summed E-state index contributed by atoms with van der Waals surface area (Å²) in [6.45, 7) is 4.97. The number of hydrogen-bond donors (Lipinski definition) is 0. The molecule has 170 valence electrons. The summed E-state index contributed by atoms with van der Waals surface area (Å²) < 4.78 is 5.63. The number of amides is 3. The highest BCUT2D eigenvalue weighted by molar-refractivity contribution is 6.30. The number of unbranched alkanes of at least 4 members (excludes halogenated alkanes) is 1. The zero-order valence-corrected chi connectivity index (χ0v) is 19.2. The molecule has 0 unspecified atom stereocenters. The van der Waals surface area contributed by atoms with E-state index in [9.17, 15) is 14.4 Å². The molecule has 8 heteroatoms. The number of likely N-dealkylation sites (N-methyl/N-ethyl adjacent to an activating group) is 1. The van der Waals surface area contributed by atoms with Gasteiger partial charge in [0.25, 0.3) is 5.91 Å². The van der Waals surface area contributed by atoms with Gasteiger partial charge in [-0.2, -0.15) is 0 Å². The molecule has 1 aliphatic rings. The van der Waals surface area contributed by atoms with Crippen LogP contribution < -0.4 is 9.64 Å². The van der Waals surface area contributed by atoms with E-state index in [0.29, 0.717) is 35.2 Å². The highest BCUT2D eigenvalue weighted by atomic mass is 35.5. The molecule has 2 aromatic rings. The van der Waals surface area contributed by atoms with Crippen molar-refractivity contribution in [3.05, 3.63) is 59.1 Å². The molecule has 1 heterocycles. The van der Waals surface area contributed by atoms with E-state index in [-0.39, 0.29) is 37.5 Å². The summed E-state index contributed by atoms with van der Waals surface area (Å²) in [4.78, 5) is 42.6. The number of rotatable bonds is 9. The van der Waals surface area contributed by atoms with Crippen LogP contribution in [0.15, 0.2) is 48.5 Å². The Kier molecular flexibility index (Phi) is 8.11. The molecule has 1 aliphatic heterocycles. The normalized spacial score (nSPS) is 13.4.